The van der Waals surface area contributed by atoms with Crippen molar-refractivity contribution < 1.29 is 14.6 Å². The van der Waals surface area contributed by atoms with E-state index < -0.39 is 6.10 Å². The molecule has 2 unspecified atom stereocenters. The standard InChI is InChI=1S/C14H18O3/c1-9-2-3-13-11(6-9)12(15)7-14(17-13)10-4-5-16-8-10/h2-3,6,10,12,14-15H,4-5,7-8H2,1H3/t10?,12-,14?/m0/s1. The monoisotopic (exact) mass is 234 g/mol. The Labute approximate surface area is 101 Å². The van der Waals surface area contributed by atoms with Gasteiger partial charge in [-0.1, -0.05) is 11.6 Å². The lowest BCUT2D eigenvalue weighted by Gasteiger charge is -2.32. The molecule has 2 aliphatic heterocycles. The van der Waals surface area contributed by atoms with Gasteiger partial charge < -0.3 is 14.6 Å². The summed E-state index contributed by atoms with van der Waals surface area (Å²) in [5.74, 6) is 1.27. The van der Waals surface area contributed by atoms with Gasteiger partial charge in [0.1, 0.15) is 11.9 Å². The molecule has 0 saturated carbocycles. The summed E-state index contributed by atoms with van der Waals surface area (Å²) in [4.78, 5) is 0. The van der Waals surface area contributed by atoms with Gasteiger partial charge in [-0.05, 0) is 25.5 Å². The highest BCUT2D eigenvalue weighted by atomic mass is 16.5. The van der Waals surface area contributed by atoms with Gasteiger partial charge in [-0.15, -0.1) is 0 Å². The summed E-state index contributed by atoms with van der Waals surface area (Å²) in [6.45, 7) is 3.61. The van der Waals surface area contributed by atoms with Crippen LogP contribution in [0, 0.1) is 12.8 Å². The SMILES string of the molecule is Cc1ccc2c(c1)[C@@H](O)CC(C1CCOC1)O2. The molecule has 0 spiro atoms. The van der Waals surface area contributed by atoms with Crippen LogP contribution >= 0.6 is 0 Å². The second-order valence-corrected chi connectivity index (χ2v) is 5.07. The largest absolute Gasteiger partial charge is 0.490 e. The lowest BCUT2D eigenvalue weighted by molar-refractivity contribution is 0.0302. The van der Waals surface area contributed by atoms with E-state index in [0.29, 0.717) is 12.3 Å². The number of benzene rings is 1. The maximum atomic E-state index is 10.2. The minimum absolute atomic E-state index is 0.0997. The Morgan fingerprint density at radius 1 is 1.35 bits per heavy atom. The van der Waals surface area contributed by atoms with Crippen LogP contribution in [0.25, 0.3) is 0 Å². The molecule has 17 heavy (non-hydrogen) atoms. The highest BCUT2D eigenvalue weighted by molar-refractivity contribution is 5.40. The van der Waals surface area contributed by atoms with Crippen molar-refractivity contribution in [1.29, 1.82) is 0 Å². The molecule has 0 aromatic heterocycles. The van der Waals surface area contributed by atoms with Crippen LogP contribution in [0.5, 0.6) is 5.75 Å². The van der Waals surface area contributed by atoms with Gasteiger partial charge in [0, 0.05) is 24.5 Å². The molecule has 0 aliphatic carbocycles. The lowest BCUT2D eigenvalue weighted by atomic mass is 9.90. The van der Waals surface area contributed by atoms with Crippen molar-refractivity contribution in [3.05, 3.63) is 29.3 Å². The zero-order valence-electron chi connectivity index (χ0n) is 10.1. The first-order valence-corrected chi connectivity index (χ1v) is 6.27. The normalized spacial score (nSPS) is 32.0. The molecule has 1 saturated heterocycles. The van der Waals surface area contributed by atoms with Crippen LogP contribution in [-0.2, 0) is 4.74 Å². The van der Waals surface area contributed by atoms with Gasteiger partial charge in [0.2, 0.25) is 0 Å². The van der Waals surface area contributed by atoms with E-state index >= 15 is 0 Å². The Kier molecular flexibility index (Phi) is 2.81. The Morgan fingerprint density at radius 3 is 3.00 bits per heavy atom. The van der Waals surface area contributed by atoms with Crippen molar-refractivity contribution in [1.82, 2.24) is 0 Å². The summed E-state index contributed by atoms with van der Waals surface area (Å²) >= 11 is 0. The van der Waals surface area contributed by atoms with E-state index in [4.69, 9.17) is 9.47 Å². The first-order chi connectivity index (χ1) is 8.24. The highest BCUT2D eigenvalue weighted by Gasteiger charge is 2.34. The predicted octanol–water partition coefficient (Wildman–Crippen LogP) is 2.22. The molecule has 1 aromatic rings. The van der Waals surface area contributed by atoms with Gasteiger partial charge in [0.05, 0.1) is 12.7 Å². The first kappa shape index (κ1) is 11.1. The van der Waals surface area contributed by atoms with E-state index in [2.05, 4.69) is 0 Å². The average molecular weight is 234 g/mol. The number of hydrogen-bond acceptors (Lipinski definition) is 3. The zero-order valence-corrected chi connectivity index (χ0v) is 10.1. The molecule has 2 aliphatic rings. The van der Waals surface area contributed by atoms with Crippen molar-refractivity contribution in [2.75, 3.05) is 13.2 Å². The molecule has 3 atom stereocenters. The number of aliphatic hydroxyl groups excluding tert-OH is 1. The third-order valence-electron chi connectivity index (χ3n) is 3.75. The fourth-order valence-corrected chi connectivity index (χ4v) is 2.73. The van der Waals surface area contributed by atoms with Crippen LogP contribution in [0.3, 0.4) is 0 Å². The third kappa shape index (κ3) is 2.05. The molecule has 0 bridgehead atoms. The molecular weight excluding hydrogens is 216 g/mol. The number of rotatable bonds is 1. The van der Waals surface area contributed by atoms with Gasteiger partial charge in [-0.25, -0.2) is 0 Å². The van der Waals surface area contributed by atoms with Crippen molar-refractivity contribution in [2.45, 2.75) is 32.0 Å². The molecule has 3 nitrogen and oxygen atoms in total. The van der Waals surface area contributed by atoms with Crippen molar-refractivity contribution in [2.24, 2.45) is 5.92 Å². The number of hydrogen-bond donors (Lipinski definition) is 1. The first-order valence-electron chi connectivity index (χ1n) is 6.27. The van der Waals surface area contributed by atoms with Gasteiger partial charge in [-0.2, -0.15) is 0 Å². The third-order valence-corrected chi connectivity index (χ3v) is 3.75. The van der Waals surface area contributed by atoms with Crippen LogP contribution in [0.2, 0.25) is 0 Å². The maximum Gasteiger partial charge on any atom is 0.125 e. The maximum absolute atomic E-state index is 10.2. The van der Waals surface area contributed by atoms with Crippen molar-refractivity contribution in [3.63, 3.8) is 0 Å². The Morgan fingerprint density at radius 2 is 2.24 bits per heavy atom. The molecule has 92 valence electrons. The second-order valence-electron chi connectivity index (χ2n) is 5.07. The van der Waals surface area contributed by atoms with Crippen LogP contribution in [0.4, 0.5) is 0 Å². The molecule has 3 rings (SSSR count). The van der Waals surface area contributed by atoms with E-state index in [0.717, 1.165) is 36.5 Å². The van der Waals surface area contributed by atoms with Crippen LogP contribution in [0.15, 0.2) is 18.2 Å². The molecule has 1 aromatic carbocycles. The van der Waals surface area contributed by atoms with Crippen LogP contribution in [0.1, 0.15) is 30.1 Å². The topological polar surface area (TPSA) is 38.7 Å². The molecule has 0 amide bonds. The lowest BCUT2D eigenvalue weighted by Crippen LogP contribution is -2.33. The molecule has 1 N–H and O–H groups in total. The van der Waals surface area contributed by atoms with Gasteiger partial charge in [0.15, 0.2) is 0 Å². The number of fused-ring (bicyclic) bond motifs is 1. The van der Waals surface area contributed by atoms with Crippen molar-refractivity contribution >= 4 is 0 Å². The Hall–Kier alpha value is -1.06. The van der Waals surface area contributed by atoms with E-state index in [1.807, 2.05) is 25.1 Å². The van der Waals surface area contributed by atoms with Gasteiger partial charge >= 0.3 is 0 Å². The molecular formula is C14H18O3. The minimum atomic E-state index is -0.399. The quantitative estimate of drug-likeness (QED) is 0.809. The summed E-state index contributed by atoms with van der Waals surface area (Å²) in [5.41, 5.74) is 2.09. The van der Waals surface area contributed by atoms with Crippen LogP contribution < -0.4 is 4.74 Å². The number of ether oxygens (including phenoxy) is 2. The Bertz CT molecular complexity index is 410. The predicted molar refractivity (Wildman–Crippen MR) is 64.1 cm³/mol. The number of aliphatic hydroxyl groups is 1. The summed E-state index contributed by atoms with van der Waals surface area (Å²) in [6, 6.07) is 6.01. The molecule has 0 radical (unpaired) electrons. The van der Waals surface area contributed by atoms with Crippen LogP contribution in [-0.4, -0.2) is 24.4 Å². The average Bonchev–Trinajstić information content (AvgIpc) is 2.83. The molecule has 3 heteroatoms. The number of aryl methyl sites for hydroxylation is 1. The van der Waals surface area contributed by atoms with E-state index in [1.165, 1.54) is 0 Å². The Balaban J connectivity index is 1.84. The van der Waals surface area contributed by atoms with Gasteiger partial charge in [-0.3, -0.25) is 0 Å². The summed E-state index contributed by atoms with van der Waals surface area (Å²) in [6.07, 6.45) is 1.43. The van der Waals surface area contributed by atoms with E-state index in [1.54, 1.807) is 0 Å². The summed E-state index contributed by atoms with van der Waals surface area (Å²) < 4.78 is 11.4. The van der Waals surface area contributed by atoms with E-state index in [-0.39, 0.29) is 6.10 Å². The molecule has 2 heterocycles. The summed E-state index contributed by atoms with van der Waals surface area (Å²) in [7, 11) is 0. The minimum Gasteiger partial charge on any atom is -0.490 e. The fraction of sp³-hybridized carbons (Fsp3) is 0.571. The smallest absolute Gasteiger partial charge is 0.125 e. The van der Waals surface area contributed by atoms with Gasteiger partial charge in [0.25, 0.3) is 0 Å². The van der Waals surface area contributed by atoms with E-state index in [9.17, 15) is 5.11 Å². The van der Waals surface area contributed by atoms with Crippen molar-refractivity contribution in [3.8, 4) is 5.75 Å². The summed E-state index contributed by atoms with van der Waals surface area (Å²) in [5, 5.41) is 10.2. The fourth-order valence-electron chi connectivity index (χ4n) is 2.73. The second kappa shape index (κ2) is 4.31. The molecule has 1 fully saturated rings. The highest BCUT2D eigenvalue weighted by Crippen LogP contribution is 2.38. The zero-order chi connectivity index (χ0) is 11.8.